The van der Waals surface area contributed by atoms with E-state index in [-0.39, 0.29) is 17.9 Å². The minimum Gasteiger partial charge on any atom is -0.348 e. The van der Waals surface area contributed by atoms with Crippen LogP contribution in [0.5, 0.6) is 0 Å². The standard InChI is InChI=1S/C19H22N4O2/c1-3-23-17(10-15(21-23)13-8-9-13)19(25)22-11-12(2)20-18(24)14-6-4-5-7-16(14)22/h4-7,10,12-13H,3,8-9,11H2,1-2H3,(H,20,24). The molecule has 1 saturated carbocycles. The summed E-state index contributed by atoms with van der Waals surface area (Å²) in [5.74, 6) is 0.260. The van der Waals surface area contributed by atoms with Crippen molar-refractivity contribution in [3.63, 3.8) is 0 Å². The van der Waals surface area contributed by atoms with Crippen molar-refractivity contribution in [3.8, 4) is 0 Å². The number of anilines is 1. The maximum atomic E-state index is 13.3. The van der Waals surface area contributed by atoms with Gasteiger partial charge in [-0.05, 0) is 44.9 Å². The fraction of sp³-hybridized carbons (Fsp3) is 0.421. The van der Waals surface area contributed by atoms with Gasteiger partial charge >= 0.3 is 0 Å². The summed E-state index contributed by atoms with van der Waals surface area (Å²) in [7, 11) is 0. The zero-order valence-corrected chi connectivity index (χ0v) is 14.5. The van der Waals surface area contributed by atoms with Gasteiger partial charge in [-0.15, -0.1) is 0 Å². The predicted octanol–water partition coefficient (Wildman–Crippen LogP) is 2.56. The number of carbonyl (C=O) groups excluding carboxylic acids is 2. The van der Waals surface area contributed by atoms with Gasteiger partial charge in [0.25, 0.3) is 11.8 Å². The Morgan fingerprint density at radius 1 is 1.32 bits per heavy atom. The zero-order chi connectivity index (χ0) is 17.6. The molecule has 6 heteroatoms. The second-order valence-corrected chi connectivity index (χ2v) is 6.85. The summed E-state index contributed by atoms with van der Waals surface area (Å²) in [5.41, 5.74) is 2.80. The molecular formula is C19H22N4O2. The summed E-state index contributed by atoms with van der Waals surface area (Å²) in [5, 5.41) is 7.55. The molecule has 1 N–H and O–H groups in total. The first kappa shape index (κ1) is 15.9. The van der Waals surface area contributed by atoms with Crippen LogP contribution in [0.15, 0.2) is 30.3 Å². The van der Waals surface area contributed by atoms with Crippen LogP contribution in [0.3, 0.4) is 0 Å². The number of aryl methyl sites for hydroxylation is 1. The highest BCUT2D eigenvalue weighted by molar-refractivity contribution is 6.10. The normalized spacial score (nSPS) is 20.0. The van der Waals surface area contributed by atoms with Crippen molar-refractivity contribution in [2.24, 2.45) is 0 Å². The molecule has 2 aliphatic rings. The zero-order valence-electron chi connectivity index (χ0n) is 14.5. The molecule has 1 fully saturated rings. The lowest BCUT2D eigenvalue weighted by atomic mass is 10.1. The Morgan fingerprint density at radius 3 is 2.80 bits per heavy atom. The van der Waals surface area contributed by atoms with Gasteiger partial charge in [-0.25, -0.2) is 0 Å². The van der Waals surface area contributed by atoms with Gasteiger partial charge < -0.3 is 10.2 Å². The minimum absolute atomic E-state index is 0.1000. The van der Waals surface area contributed by atoms with Crippen molar-refractivity contribution in [3.05, 3.63) is 47.3 Å². The van der Waals surface area contributed by atoms with Gasteiger partial charge in [0.05, 0.1) is 16.9 Å². The first-order valence-electron chi connectivity index (χ1n) is 8.88. The van der Waals surface area contributed by atoms with Crippen LogP contribution >= 0.6 is 0 Å². The summed E-state index contributed by atoms with van der Waals surface area (Å²) in [6.45, 7) is 4.99. The van der Waals surface area contributed by atoms with Crippen molar-refractivity contribution in [1.29, 1.82) is 0 Å². The number of amides is 2. The summed E-state index contributed by atoms with van der Waals surface area (Å²) < 4.78 is 1.78. The van der Waals surface area contributed by atoms with Crippen molar-refractivity contribution in [1.82, 2.24) is 15.1 Å². The number of para-hydroxylation sites is 1. The van der Waals surface area contributed by atoms with E-state index in [0.29, 0.717) is 36.0 Å². The van der Waals surface area contributed by atoms with E-state index in [1.165, 1.54) is 0 Å². The maximum Gasteiger partial charge on any atom is 0.276 e. The second-order valence-electron chi connectivity index (χ2n) is 6.85. The summed E-state index contributed by atoms with van der Waals surface area (Å²) in [4.78, 5) is 27.4. The van der Waals surface area contributed by atoms with E-state index in [2.05, 4.69) is 10.4 Å². The van der Waals surface area contributed by atoms with Crippen LogP contribution in [0.1, 0.15) is 59.1 Å². The Kier molecular flexibility index (Phi) is 3.82. The number of fused-ring (bicyclic) bond motifs is 1. The number of nitrogens with one attached hydrogen (secondary N) is 1. The topological polar surface area (TPSA) is 67.2 Å². The van der Waals surface area contributed by atoms with Gasteiger partial charge in [0.15, 0.2) is 0 Å². The molecule has 6 nitrogen and oxygen atoms in total. The van der Waals surface area contributed by atoms with Crippen LogP contribution in [0.4, 0.5) is 5.69 Å². The van der Waals surface area contributed by atoms with E-state index in [1.807, 2.05) is 38.1 Å². The van der Waals surface area contributed by atoms with Crippen LogP contribution in [0.25, 0.3) is 0 Å². The van der Waals surface area contributed by atoms with Crippen molar-refractivity contribution in [2.45, 2.75) is 45.2 Å². The summed E-state index contributed by atoms with van der Waals surface area (Å²) in [6, 6.07) is 9.07. The van der Waals surface area contributed by atoms with Crippen molar-refractivity contribution < 1.29 is 9.59 Å². The smallest absolute Gasteiger partial charge is 0.276 e. The predicted molar refractivity (Wildman–Crippen MR) is 94.9 cm³/mol. The van der Waals surface area contributed by atoms with Gasteiger partial charge in [-0.3, -0.25) is 14.3 Å². The van der Waals surface area contributed by atoms with Crippen LogP contribution < -0.4 is 10.2 Å². The highest BCUT2D eigenvalue weighted by Crippen LogP contribution is 2.39. The van der Waals surface area contributed by atoms with Crippen LogP contribution in [-0.4, -0.2) is 34.2 Å². The molecule has 25 heavy (non-hydrogen) atoms. The molecule has 2 aromatic rings. The second kappa shape index (κ2) is 6.02. The average molecular weight is 338 g/mol. The number of hydrogen-bond acceptors (Lipinski definition) is 3. The van der Waals surface area contributed by atoms with Gasteiger partial charge in [0.1, 0.15) is 5.69 Å². The molecule has 1 aliphatic heterocycles. The molecule has 1 aliphatic carbocycles. The number of rotatable bonds is 3. The molecule has 1 aromatic carbocycles. The van der Waals surface area contributed by atoms with E-state index in [1.54, 1.807) is 15.6 Å². The molecule has 1 unspecified atom stereocenters. The molecule has 2 heterocycles. The summed E-state index contributed by atoms with van der Waals surface area (Å²) in [6.07, 6.45) is 2.30. The first-order valence-corrected chi connectivity index (χ1v) is 8.88. The molecule has 1 aromatic heterocycles. The number of benzene rings is 1. The fourth-order valence-corrected chi connectivity index (χ4v) is 3.38. The Bertz CT molecular complexity index is 838. The average Bonchev–Trinajstić information content (AvgIpc) is 3.39. The lowest BCUT2D eigenvalue weighted by Gasteiger charge is -2.24. The van der Waals surface area contributed by atoms with Crippen LogP contribution in [0, 0.1) is 0 Å². The maximum absolute atomic E-state index is 13.3. The van der Waals surface area contributed by atoms with Crippen molar-refractivity contribution >= 4 is 17.5 Å². The lowest BCUT2D eigenvalue weighted by molar-refractivity contribution is 0.0937. The van der Waals surface area contributed by atoms with E-state index in [9.17, 15) is 9.59 Å². The quantitative estimate of drug-likeness (QED) is 0.935. The summed E-state index contributed by atoms with van der Waals surface area (Å²) >= 11 is 0. The van der Waals surface area contributed by atoms with E-state index >= 15 is 0 Å². The largest absolute Gasteiger partial charge is 0.348 e. The van der Waals surface area contributed by atoms with Crippen LogP contribution in [-0.2, 0) is 6.54 Å². The Labute approximate surface area is 146 Å². The van der Waals surface area contributed by atoms with E-state index < -0.39 is 0 Å². The highest BCUT2D eigenvalue weighted by atomic mass is 16.2. The van der Waals surface area contributed by atoms with Crippen LogP contribution in [0.2, 0.25) is 0 Å². The number of nitrogens with zero attached hydrogens (tertiary/aromatic N) is 3. The third kappa shape index (κ3) is 2.81. The molecule has 0 saturated heterocycles. The Balaban J connectivity index is 1.76. The molecular weight excluding hydrogens is 316 g/mol. The van der Waals surface area contributed by atoms with Gasteiger partial charge in [0.2, 0.25) is 0 Å². The monoisotopic (exact) mass is 338 g/mol. The Hall–Kier alpha value is -2.63. The third-order valence-electron chi connectivity index (χ3n) is 4.83. The van der Waals surface area contributed by atoms with E-state index in [4.69, 9.17) is 0 Å². The molecule has 0 radical (unpaired) electrons. The Morgan fingerprint density at radius 2 is 2.08 bits per heavy atom. The third-order valence-corrected chi connectivity index (χ3v) is 4.83. The molecule has 2 amide bonds. The molecule has 0 bridgehead atoms. The van der Waals surface area contributed by atoms with Crippen molar-refractivity contribution in [2.75, 3.05) is 11.4 Å². The van der Waals surface area contributed by atoms with Gasteiger partial charge in [-0.2, -0.15) is 5.10 Å². The first-order chi connectivity index (χ1) is 12.1. The van der Waals surface area contributed by atoms with Gasteiger partial charge in [0, 0.05) is 25.0 Å². The van der Waals surface area contributed by atoms with E-state index in [0.717, 1.165) is 18.5 Å². The molecule has 130 valence electrons. The highest BCUT2D eigenvalue weighted by Gasteiger charge is 2.32. The SMILES string of the molecule is CCn1nc(C2CC2)cc1C(=O)N1CC(C)NC(=O)c2ccccc21. The number of hydrogen-bond donors (Lipinski definition) is 1. The molecule has 0 spiro atoms. The molecule has 1 atom stereocenters. The minimum atomic E-state index is -0.138. The lowest BCUT2D eigenvalue weighted by Crippen LogP contribution is -2.41. The number of aromatic nitrogens is 2. The van der Waals surface area contributed by atoms with Gasteiger partial charge in [-0.1, -0.05) is 12.1 Å². The fourth-order valence-electron chi connectivity index (χ4n) is 3.38. The molecule has 4 rings (SSSR count). The number of carbonyl (C=O) groups is 2.